The number of para-hydroxylation sites is 1. The van der Waals surface area contributed by atoms with Gasteiger partial charge in [0, 0.05) is 16.8 Å². The van der Waals surface area contributed by atoms with E-state index in [4.69, 9.17) is 16.3 Å². The van der Waals surface area contributed by atoms with Gasteiger partial charge in [-0.2, -0.15) is 4.98 Å². The Labute approximate surface area is 159 Å². The van der Waals surface area contributed by atoms with Crippen LogP contribution in [0.2, 0.25) is 5.02 Å². The summed E-state index contributed by atoms with van der Waals surface area (Å²) in [6, 6.07) is 7.74. The van der Waals surface area contributed by atoms with Gasteiger partial charge in [-0.3, -0.25) is 4.98 Å². The van der Waals surface area contributed by atoms with Gasteiger partial charge in [0.15, 0.2) is 0 Å². The summed E-state index contributed by atoms with van der Waals surface area (Å²) in [5, 5.41) is 1.85. The summed E-state index contributed by atoms with van der Waals surface area (Å²) in [6.07, 6.45) is 0. The van der Waals surface area contributed by atoms with Crippen LogP contribution < -0.4 is 5.69 Å². The molecule has 0 saturated carbocycles. The Balaban J connectivity index is 2.00. The molecule has 134 valence electrons. The first kappa shape index (κ1) is 18.4. The zero-order chi connectivity index (χ0) is 18.8. The van der Waals surface area contributed by atoms with Gasteiger partial charge in [0.1, 0.15) is 10.6 Å². The number of carbonyl (C=O) groups is 1. The molecule has 2 aromatic heterocycles. The Morgan fingerprint density at radius 2 is 2.00 bits per heavy atom. The summed E-state index contributed by atoms with van der Waals surface area (Å²) in [6.45, 7) is 3.57. The lowest BCUT2D eigenvalue weighted by molar-refractivity contribution is 0.0594. The van der Waals surface area contributed by atoms with Crippen LogP contribution in [0, 0.1) is 13.8 Å². The van der Waals surface area contributed by atoms with Gasteiger partial charge in [-0.15, -0.1) is 0 Å². The number of benzene rings is 1. The lowest BCUT2D eigenvalue weighted by Crippen LogP contribution is -2.19. The van der Waals surface area contributed by atoms with Crippen LogP contribution in [0.1, 0.15) is 27.3 Å². The Kier molecular flexibility index (Phi) is 5.29. The van der Waals surface area contributed by atoms with Gasteiger partial charge in [-0.25, -0.2) is 9.59 Å². The lowest BCUT2D eigenvalue weighted by Gasteiger charge is -2.11. The lowest BCUT2D eigenvalue weighted by atomic mass is 10.1. The van der Waals surface area contributed by atoms with Gasteiger partial charge in [-0.1, -0.05) is 41.6 Å². The number of H-pyrrole nitrogens is 1. The number of nitrogens with one attached hydrogen (secondary N) is 1. The number of halogens is 1. The van der Waals surface area contributed by atoms with Crippen molar-refractivity contribution in [2.75, 3.05) is 7.11 Å². The van der Waals surface area contributed by atoms with Gasteiger partial charge in [0.05, 0.1) is 23.3 Å². The highest BCUT2D eigenvalue weighted by molar-refractivity contribution is 7.98. The summed E-state index contributed by atoms with van der Waals surface area (Å²) >= 11 is 7.70. The van der Waals surface area contributed by atoms with Crippen molar-refractivity contribution in [2.24, 2.45) is 0 Å². The molecule has 0 radical (unpaired) electrons. The van der Waals surface area contributed by atoms with Crippen molar-refractivity contribution in [2.45, 2.75) is 24.6 Å². The number of nitrogens with zero attached hydrogens (tertiary/aromatic N) is 2. The Hall–Kier alpha value is -2.38. The van der Waals surface area contributed by atoms with Crippen LogP contribution >= 0.6 is 23.4 Å². The van der Waals surface area contributed by atoms with Crippen molar-refractivity contribution < 1.29 is 9.53 Å². The molecular formula is C18H16ClN3O3S. The number of pyridine rings is 1. The molecule has 0 amide bonds. The van der Waals surface area contributed by atoms with E-state index in [0.29, 0.717) is 27.2 Å². The van der Waals surface area contributed by atoms with Crippen LogP contribution in [-0.2, 0) is 10.5 Å². The second-order valence-corrected chi connectivity index (χ2v) is 6.98. The van der Waals surface area contributed by atoms with Gasteiger partial charge < -0.3 is 9.72 Å². The van der Waals surface area contributed by atoms with Crippen LogP contribution in [0.4, 0.5) is 0 Å². The van der Waals surface area contributed by atoms with Crippen molar-refractivity contribution >= 4 is 40.2 Å². The highest BCUT2D eigenvalue weighted by atomic mass is 35.5. The van der Waals surface area contributed by atoms with E-state index in [0.717, 1.165) is 16.5 Å². The van der Waals surface area contributed by atoms with E-state index < -0.39 is 11.7 Å². The number of fused-ring (bicyclic) bond motifs is 1. The van der Waals surface area contributed by atoms with Crippen molar-refractivity contribution in [3.8, 4) is 0 Å². The fourth-order valence-electron chi connectivity index (χ4n) is 2.66. The molecule has 3 aromatic rings. The molecule has 0 spiro atoms. The molecule has 2 heterocycles. The maximum absolute atomic E-state index is 12.0. The summed E-state index contributed by atoms with van der Waals surface area (Å²) in [5.41, 5.74) is 2.58. The maximum atomic E-state index is 12.0. The first-order valence-corrected chi connectivity index (χ1v) is 9.14. The topological polar surface area (TPSA) is 84.9 Å². The Morgan fingerprint density at radius 3 is 2.73 bits per heavy atom. The number of thioether (sulfide) groups is 1. The number of hydrogen-bond donors (Lipinski definition) is 1. The molecule has 0 atom stereocenters. The normalized spacial score (nSPS) is 10.9. The number of hydrogen-bond acceptors (Lipinski definition) is 6. The largest absolute Gasteiger partial charge is 0.465 e. The number of rotatable bonds is 4. The van der Waals surface area contributed by atoms with Gasteiger partial charge in [-0.05, 0) is 25.5 Å². The van der Waals surface area contributed by atoms with Gasteiger partial charge in [0.2, 0.25) is 0 Å². The molecular weight excluding hydrogens is 374 g/mol. The molecule has 0 unspecified atom stereocenters. The quantitative estimate of drug-likeness (QED) is 0.416. The monoisotopic (exact) mass is 389 g/mol. The number of ether oxygens (including phenoxy) is 1. The highest BCUT2D eigenvalue weighted by Crippen LogP contribution is 2.32. The highest BCUT2D eigenvalue weighted by Gasteiger charge is 2.19. The number of esters is 1. The molecule has 8 heteroatoms. The van der Waals surface area contributed by atoms with Crippen LogP contribution in [0.5, 0.6) is 0 Å². The molecule has 1 N–H and O–H groups in total. The number of aryl methyl sites for hydroxylation is 2. The van der Waals surface area contributed by atoms with Crippen LogP contribution in [0.25, 0.3) is 10.9 Å². The molecule has 6 nitrogen and oxygen atoms in total. The van der Waals surface area contributed by atoms with Gasteiger partial charge in [0.25, 0.3) is 0 Å². The predicted molar refractivity (Wildman–Crippen MR) is 102 cm³/mol. The summed E-state index contributed by atoms with van der Waals surface area (Å²) < 4.78 is 4.79. The second-order valence-electron chi connectivity index (χ2n) is 5.64. The molecule has 0 bridgehead atoms. The molecule has 0 aliphatic carbocycles. The fraction of sp³-hybridized carbons (Fsp3) is 0.222. The predicted octanol–water partition coefficient (Wildman–Crippen LogP) is 3.67. The van der Waals surface area contributed by atoms with E-state index in [1.807, 2.05) is 31.2 Å². The minimum Gasteiger partial charge on any atom is -0.465 e. The summed E-state index contributed by atoms with van der Waals surface area (Å²) in [7, 11) is 1.28. The number of aromatic amines is 1. The van der Waals surface area contributed by atoms with Crippen LogP contribution in [0.15, 0.2) is 34.1 Å². The van der Waals surface area contributed by atoms with Crippen LogP contribution in [0.3, 0.4) is 0 Å². The van der Waals surface area contributed by atoms with E-state index in [2.05, 4.69) is 15.0 Å². The zero-order valence-corrected chi connectivity index (χ0v) is 16.0. The molecule has 26 heavy (non-hydrogen) atoms. The average Bonchev–Trinajstić information content (AvgIpc) is 2.62. The SMILES string of the molecule is COC(=O)c1c(SCc2nc3ccccc3c(C)c2Cl)nc(=O)[nH]c1C. The molecule has 3 rings (SSSR count). The zero-order valence-electron chi connectivity index (χ0n) is 14.4. The maximum Gasteiger partial charge on any atom is 0.346 e. The van der Waals surface area contributed by atoms with Crippen LogP contribution in [-0.4, -0.2) is 28.0 Å². The Bertz CT molecular complexity index is 1070. The van der Waals surface area contributed by atoms with E-state index in [9.17, 15) is 9.59 Å². The molecule has 0 fully saturated rings. The second kappa shape index (κ2) is 7.47. The van der Waals surface area contributed by atoms with Crippen molar-refractivity contribution in [3.05, 3.63) is 62.3 Å². The third-order valence-electron chi connectivity index (χ3n) is 3.97. The Morgan fingerprint density at radius 1 is 1.27 bits per heavy atom. The van der Waals surface area contributed by atoms with Crippen molar-refractivity contribution in [3.63, 3.8) is 0 Å². The van der Waals surface area contributed by atoms with Crippen molar-refractivity contribution in [1.82, 2.24) is 15.0 Å². The summed E-state index contributed by atoms with van der Waals surface area (Å²) in [5.74, 6) is -0.188. The molecule has 0 aliphatic heterocycles. The van der Waals surface area contributed by atoms with E-state index >= 15 is 0 Å². The molecule has 0 aliphatic rings. The van der Waals surface area contributed by atoms with E-state index in [1.54, 1.807) is 6.92 Å². The average molecular weight is 390 g/mol. The molecule has 1 aromatic carbocycles. The number of methoxy groups -OCH3 is 1. The van der Waals surface area contributed by atoms with Gasteiger partial charge >= 0.3 is 11.7 Å². The minimum atomic E-state index is -0.553. The van der Waals surface area contributed by atoms with E-state index in [1.165, 1.54) is 18.9 Å². The fourth-order valence-corrected chi connectivity index (χ4v) is 3.96. The number of aromatic nitrogens is 3. The number of carbonyl (C=O) groups excluding carboxylic acids is 1. The first-order chi connectivity index (χ1) is 12.4. The van der Waals surface area contributed by atoms with Crippen molar-refractivity contribution in [1.29, 1.82) is 0 Å². The standard InChI is InChI=1S/C18H16ClN3O3S/c1-9-11-6-4-5-7-12(11)21-13(15(9)19)8-26-16-14(17(23)25-3)10(2)20-18(24)22-16/h4-7H,8H2,1-3H3,(H,20,22,24). The molecule has 0 saturated heterocycles. The third-order valence-corrected chi connectivity index (χ3v) is 5.46. The smallest absolute Gasteiger partial charge is 0.346 e. The third kappa shape index (κ3) is 3.45. The first-order valence-electron chi connectivity index (χ1n) is 7.78. The van der Waals surface area contributed by atoms with E-state index in [-0.39, 0.29) is 5.56 Å². The minimum absolute atomic E-state index is 0.241. The summed E-state index contributed by atoms with van der Waals surface area (Å²) in [4.78, 5) is 34.8.